The van der Waals surface area contributed by atoms with Crippen molar-refractivity contribution in [2.75, 3.05) is 32.9 Å². The van der Waals surface area contributed by atoms with E-state index in [0.717, 1.165) is 9.87 Å². The third kappa shape index (κ3) is 5.49. The predicted octanol–water partition coefficient (Wildman–Crippen LogP) is 0.859. The average Bonchev–Trinajstić information content (AvgIpc) is 2.89. The first kappa shape index (κ1) is 19.8. The number of aliphatic hydroxyl groups is 1. The summed E-state index contributed by atoms with van der Waals surface area (Å²) in [5.74, 6) is -1.01. The van der Waals surface area contributed by atoms with Gasteiger partial charge >= 0.3 is 0 Å². The monoisotopic (exact) mass is 372 g/mol. The number of halogens is 1. The molecule has 0 radical (unpaired) electrons. The lowest BCUT2D eigenvalue weighted by molar-refractivity contribution is -0.130. The first-order valence-corrected chi connectivity index (χ1v) is 9.90. The van der Waals surface area contributed by atoms with Gasteiger partial charge in [0.15, 0.2) is 0 Å². The Morgan fingerprint density at radius 2 is 1.92 bits per heavy atom. The fourth-order valence-electron chi connectivity index (χ4n) is 2.89. The molecule has 1 aromatic rings. The van der Waals surface area contributed by atoms with Crippen molar-refractivity contribution in [2.24, 2.45) is 5.92 Å². The van der Waals surface area contributed by atoms with Gasteiger partial charge in [-0.05, 0) is 30.5 Å². The summed E-state index contributed by atoms with van der Waals surface area (Å²) in [5, 5.41) is 10.1. The van der Waals surface area contributed by atoms with Gasteiger partial charge in [0.25, 0.3) is 0 Å². The van der Waals surface area contributed by atoms with E-state index in [9.17, 15) is 22.7 Å². The molecule has 25 heavy (non-hydrogen) atoms. The van der Waals surface area contributed by atoms with E-state index in [1.807, 2.05) is 0 Å². The summed E-state index contributed by atoms with van der Waals surface area (Å²) < 4.78 is 37.9. The number of nitrogens with zero attached hydrogens (tertiary/aromatic N) is 2. The Labute approximate surface area is 148 Å². The molecule has 0 aliphatic carbocycles. The number of likely N-dealkylation sites (tertiary alicyclic amines) is 1. The molecule has 2 atom stereocenters. The van der Waals surface area contributed by atoms with Crippen LogP contribution >= 0.6 is 0 Å². The fraction of sp³-hybridized carbons (Fsp3) is 0.588. The van der Waals surface area contributed by atoms with Crippen LogP contribution in [0.1, 0.15) is 18.4 Å². The zero-order valence-corrected chi connectivity index (χ0v) is 15.4. The number of amides is 1. The Hall–Kier alpha value is -1.51. The molecule has 1 amide bonds. The molecular formula is C17H25FN2O4S. The number of benzene rings is 1. The van der Waals surface area contributed by atoms with Crippen molar-refractivity contribution in [2.45, 2.75) is 25.4 Å². The highest BCUT2D eigenvalue weighted by molar-refractivity contribution is 7.89. The van der Waals surface area contributed by atoms with Crippen LogP contribution in [0.15, 0.2) is 24.3 Å². The third-order valence-corrected chi connectivity index (χ3v) is 6.47. The summed E-state index contributed by atoms with van der Waals surface area (Å²) in [6, 6.07) is 6.18. The summed E-state index contributed by atoms with van der Waals surface area (Å²) in [6.45, 7) is 0.423. The van der Waals surface area contributed by atoms with E-state index in [1.54, 1.807) is 12.1 Å². The molecule has 0 saturated carbocycles. The molecule has 0 aromatic heterocycles. The Morgan fingerprint density at radius 3 is 2.52 bits per heavy atom. The van der Waals surface area contributed by atoms with Gasteiger partial charge in [-0.1, -0.05) is 12.1 Å². The Morgan fingerprint density at radius 1 is 1.28 bits per heavy atom. The highest BCUT2D eigenvalue weighted by atomic mass is 32.2. The molecular weight excluding hydrogens is 347 g/mol. The van der Waals surface area contributed by atoms with Crippen molar-refractivity contribution >= 4 is 15.9 Å². The molecule has 6 nitrogen and oxygen atoms in total. The molecule has 0 unspecified atom stereocenters. The van der Waals surface area contributed by atoms with E-state index in [4.69, 9.17) is 0 Å². The minimum absolute atomic E-state index is 0.0917. The normalized spacial score (nSPS) is 21.1. The third-order valence-electron chi connectivity index (χ3n) is 4.51. The second kappa shape index (κ2) is 8.25. The second-order valence-corrected chi connectivity index (χ2v) is 8.89. The van der Waals surface area contributed by atoms with E-state index in [-0.39, 0.29) is 30.6 Å². The van der Waals surface area contributed by atoms with Crippen LogP contribution in [-0.2, 0) is 21.2 Å². The molecule has 8 heteroatoms. The SMILES string of the molecule is CN(C)S(=O)(=O)C[C@@H]1CN(C(=O)CCCc2ccc(F)cc2)C[C@H]1O. The molecule has 1 aromatic carbocycles. The van der Waals surface area contributed by atoms with Gasteiger partial charge in [-0.3, -0.25) is 4.79 Å². The van der Waals surface area contributed by atoms with Gasteiger partial charge in [0.2, 0.25) is 15.9 Å². The predicted molar refractivity (Wildman–Crippen MR) is 92.9 cm³/mol. The lowest BCUT2D eigenvalue weighted by Gasteiger charge is -2.18. The highest BCUT2D eigenvalue weighted by Gasteiger charge is 2.37. The van der Waals surface area contributed by atoms with Gasteiger partial charge in [0, 0.05) is 39.5 Å². The molecule has 1 aliphatic heterocycles. The van der Waals surface area contributed by atoms with Crippen LogP contribution in [-0.4, -0.2) is 67.7 Å². The Bertz CT molecular complexity index is 691. The quantitative estimate of drug-likeness (QED) is 0.770. The number of rotatable bonds is 7. The van der Waals surface area contributed by atoms with Crippen molar-refractivity contribution in [1.82, 2.24) is 9.21 Å². The lowest BCUT2D eigenvalue weighted by atomic mass is 10.1. The van der Waals surface area contributed by atoms with Gasteiger partial charge in [-0.2, -0.15) is 0 Å². The molecule has 2 rings (SSSR count). The summed E-state index contributed by atoms with van der Waals surface area (Å²) in [7, 11) is -0.509. The van der Waals surface area contributed by atoms with Crippen molar-refractivity contribution in [1.29, 1.82) is 0 Å². The average molecular weight is 372 g/mol. The van der Waals surface area contributed by atoms with Crippen LogP contribution in [0, 0.1) is 11.7 Å². The van der Waals surface area contributed by atoms with Crippen LogP contribution in [0.25, 0.3) is 0 Å². The highest BCUT2D eigenvalue weighted by Crippen LogP contribution is 2.21. The molecule has 0 bridgehead atoms. The van der Waals surface area contributed by atoms with E-state index in [1.165, 1.54) is 31.1 Å². The molecule has 1 fully saturated rings. The Kier molecular flexibility index (Phi) is 6.53. The zero-order valence-electron chi connectivity index (χ0n) is 14.6. The van der Waals surface area contributed by atoms with E-state index in [2.05, 4.69) is 0 Å². The number of β-amino-alcohol motifs (C(OH)–C–C–N with tert-alkyl or cyclic N) is 1. The van der Waals surface area contributed by atoms with Crippen molar-refractivity contribution in [3.05, 3.63) is 35.6 Å². The summed E-state index contributed by atoms with van der Waals surface area (Å²) >= 11 is 0. The van der Waals surface area contributed by atoms with Crippen LogP contribution in [0.5, 0.6) is 0 Å². The number of carbonyl (C=O) groups is 1. The van der Waals surface area contributed by atoms with Gasteiger partial charge in [0.05, 0.1) is 11.9 Å². The minimum Gasteiger partial charge on any atom is -0.391 e. The first-order chi connectivity index (χ1) is 11.7. The maximum absolute atomic E-state index is 12.9. The Balaban J connectivity index is 1.81. The largest absolute Gasteiger partial charge is 0.391 e. The molecule has 1 N–H and O–H groups in total. The van der Waals surface area contributed by atoms with E-state index < -0.39 is 22.0 Å². The lowest BCUT2D eigenvalue weighted by Crippen LogP contribution is -2.33. The van der Waals surface area contributed by atoms with E-state index >= 15 is 0 Å². The molecule has 1 saturated heterocycles. The van der Waals surface area contributed by atoms with Gasteiger partial charge < -0.3 is 10.0 Å². The molecule has 1 aliphatic rings. The van der Waals surface area contributed by atoms with Crippen LogP contribution < -0.4 is 0 Å². The smallest absolute Gasteiger partial charge is 0.222 e. The maximum atomic E-state index is 12.9. The summed E-state index contributed by atoms with van der Waals surface area (Å²) in [6.07, 6.45) is 0.784. The minimum atomic E-state index is -3.42. The molecule has 140 valence electrons. The molecule has 1 heterocycles. The topological polar surface area (TPSA) is 77.9 Å². The van der Waals surface area contributed by atoms with Crippen LogP contribution in [0.3, 0.4) is 0 Å². The second-order valence-electron chi connectivity index (χ2n) is 6.67. The van der Waals surface area contributed by atoms with Gasteiger partial charge in [0.1, 0.15) is 5.82 Å². The van der Waals surface area contributed by atoms with Crippen LogP contribution in [0.2, 0.25) is 0 Å². The van der Waals surface area contributed by atoms with Gasteiger partial charge in [-0.25, -0.2) is 17.1 Å². The first-order valence-electron chi connectivity index (χ1n) is 8.29. The maximum Gasteiger partial charge on any atom is 0.222 e. The van der Waals surface area contributed by atoms with Crippen LogP contribution in [0.4, 0.5) is 4.39 Å². The number of carbonyl (C=O) groups excluding carboxylic acids is 1. The number of sulfonamides is 1. The van der Waals surface area contributed by atoms with E-state index in [0.29, 0.717) is 19.3 Å². The van der Waals surface area contributed by atoms with Crippen molar-refractivity contribution in [3.63, 3.8) is 0 Å². The summed E-state index contributed by atoms with van der Waals surface area (Å²) in [5.41, 5.74) is 0.964. The fourth-order valence-corrected chi connectivity index (χ4v) is 4.06. The summed E-state index contributed by atoms with van der Waals surface area (Å²) in [4.78, 5) is 13.8. The number of aliphatic hydroxyl groups excluding tert-OH is 1. The van der Waals surface area contributed by atoms with Gasteiger partial charge in [-0.15, -0.1) is 0 Å². The number of aryl methyl sites for hydroxylation is 1. The van der Waals surface area contributed by atoms with Crippen molar-refractivity contribution < 1.29 is 22.7 Å². The molecule has 0 spiro atoms. The zero-order chi connectivity index (χ0) is 18.6. The number of hydrogen-bond donors (Lipinski definition) is 1. The standard InChI is InChI=1S/C17H25FN2O4S/c1-19(2)25(23,24)12-14-10-20(11-16(14)21)17(22)5-3-4-13-6-8-15(18)9-7-13/h6-9,14,16,21H,3-5,10-12H2,1-2H3/t14-,16+/m0/s1. The van der Waals surface area contributed by atoms with Crippen molar-refractivity contribution in [3.8, 4) is 0 Å². The number of hydrogen-bond acceptors (Lipinski definition) is 4.